The SMILES string of the molecule is Cc1c(C(=O)O)ccc2cc(S)sc12. The maximum atomic E-state index is 10.9. The summed E-state index contributed by atoms with van der Waals surface area (Å²) in [6, 6.07) is 5.41. The molecule has 2 aromatic rings. The predicted molar refractivity (Wildman–Crippen MR) is 60.8 cm³/mol. The van der Waals surface area contributed by atoms with E-state index in [1.807, 2.05) is 19.1 Å². The second-order valence-electron chi connectivity index (χ2n) is 3.05. The van der Waals surface area contributed by atoms with Crippen molar-refractivity contribution in [3.63, 3.8) is 0 Å². The summed E-state index contributed by atoms with van der Waals surface area (Å²) in [6.45, 7) is 1.83. The van der Waals surface area contributed by atoms with Crippen molar-refractivity contribution in [2.75, 3.05) is 0 Å². The normalized spacial score (nSPS) is 10.7. The third-order valence-corrected chi connectivity index (χ3v) is 3.63. The van der Waals surface area contributed by atoms with Gasteiger partial charge in [-0.15, -0.1) is 24.0 Å². The van der Waals surface area contributed by atoms with Gasteiger partial charge in [-0.25, -0.2) is 4.79 Å². The first-order chi connectivity index (χ1) is 6.59. The summed E-state index contributed by atoms with van der Waals surface area (Å²) in [5, 5.41) is 9.98. The largest absolute Gasteiger partial charge is 0.478 e. The average molecular weight is 224 g/mol. The minimum atomic E-state index is -0.876. The van der Waals surface area contributed by atoms with E-state index in [1.165, 1.54) is 11.3 Å². The molecule has 0 amide bonds. The molecule has 2 rings (SSSR count). The van der Waals surface area contributed by atoms with Crippen LogP contribution in [-0.4, -0.2) is 11.1 Å². The first-order valence-electron chi connectivity index (χ1n) is 4.05. The van der Waals surface area contributed by atoms with Crippen LogP contribution in [0.1, 0.15) is 15.9 Å². The van der Waals surface area contributed by atoms with Crippen molar-refractivity contribution in [3.05, 3.63) is 29.3 Å². The zero-order valence-corrected chi connectivity index (χ0v) is 9.15. The van der Waals surface area contributed by atoms with Crippen LogP contribution in [-0.2, 0) is 0 Å². The summed E-state index contributed by atoms with van der Waals surface area (Å²) in [5.41, 5.74) is 1.19. The Balaban J connectivity index is 2.80. The van der Waals surface area contributed by atoms with Crippen molar-refractivity contribution in [1.82, 2.24) is 0 Å². The molecule has 0 fully saturated rings. The topological polar surface area (TPSA) is 37.3 Å². The van der Waals surface area contributed by atoms with Gasteiger partial charge < -0.3 is 5.11 Å². The standard InChI is InChI=1S/C10H8O2S2/c1-5-7(10(11)12)3-2-6-4-8(13)14-9(5)6/h2-4,13H,1H3,(H,11,12). The first-order valence-corrected chi connectivity index (χ1v) is 5.31. The fraction of sp³-hybridized carbons (Fsp3) is 0.100. The van der Waals surface area contributed by atoms with Crippen LogP contribution < -0.4 is 0 Å². The van der Waals surface area contributed by atoms with Crippen molar-refractivity contribution in [2.45, 2.75) is 11.1 Å². The van der Waals surface area contributed by atoms with Crippen LogP contribution in [0.15, 0.2) is 22.4 Å². The highest BCUT2D eigenvalue weighted by molar-refractivity contribution is 7.83. The number of benzene rings is 1. The number of carboxylic acids is 1. The molecule has 0 saturated carbocycles. The Morgan fingerprint density at radius 3 is 2.86 bits per heavy atom. The lowest BCUT2D eigenvalue weighted by Gasteiger charge is -2.00. The van der Waals surface area contributed by atoms with Crippen molar-refractivity contribution < 1.29 is 9.90 Å². The highest BCUT2D eigenvalue weighted by Gasteiger charge is 2.11. The van der Waals surface area contributed by atoms with E-state index in [0.717, 1.165) is 19.9 Å². The van der Waals surface area contributed by atoms with E-state index >= 15 is 0 Å². The molecule has 72 valence electrons. The van der Waals surface area contributed by atoms with E-state index in [4.69, 9.17) is 5.11 Å². The van der Waals surface area contributed by atoms with Gasteiger partial charge in [-0.3, -0.25) is 0 Å². The summed E-state index contributed by atoms with van der Waals surface area (Å²) in [6.07, 6.45) is 0. The Labute approximate surface area is 90.6 Å². The zero-order chi connectivity index (χ0) is 10.3. The van der Waals surface area contributed by atoms with E-state index in [-0.39, 0.29) is 0 Å². The van der Waals surface area contributed by atoms with Crippen molar-refractivity contribution >= 4 is 40.0 Å². The number of carboxylic acid groups (broad SMARTS) is 1. The van der Waals surface area contributed by atoms with Gasteiger partial charge in [0.05, 0.1) is 9.77 Å². The highest BCUT2D eigenvalue weighted by Crippen LogP contribution is 2.32. The van der Waals surface area contributed by atoms with Crippen molar-refractivity contribution in [3.8, 4) is 0 Å². The second-order valence-corrected chi connectivity index (χ2v) is 4.88. The fourth-order valence-corrected chi connectivity index (χ4v) is 2.78. The molecule has 1 N–H and O–H groups in total. The smallest absolute Gasteiger partial charge is 0.336 e. The molecule has 0 aliphatic rings. The van der Waals surface area contributed by atoms with Gasteiger partial charge in [0.2, 0.25) is 0 Å². The Hall–Kier alpha value is -1.000. The number of thiophene rings is 1. The van der Waals surface area contributed by atoms with Crippen molar-refractivity contribution in [2.24, 2.45) is 0 Å². The maximum Gasteiger partial charge on any atom is 0.336 e. The van der Waals surface area contributed by atoms with E-state index in [9.17, 15) is 4.79 Å². The van der Waals surface area contributed by atoms with E-state index in [2.05, 4.69) is 12.6 Å². The second kappa shape index (κ2) is 3.29. The lowest BCUT2D eigenvalue weighted by molar-refractivity contribution is 0.0696. The third kappa shape index (κ3) is 1.40. The van der Waals surface area contributed by atoms with Crippen LogP contribution in [0.4, 0.5) is 0 Å². The van der Waals surface area contributed by atoms with Crippen LogP contribution in [0, 0.1) is 6.92 Å². The zero-order valence-electron chi connectivity index (χ0n) is 7.44. The number of thiol groups is 1. The molecule has 0 saturated heterocycles. The molecule has 4 heteroatoms. The highest BCUT2D eigenvalue weighted by atomic mass is 32.2. The van der Waals surface area contributed by atoms with Crippen LogP contribution in [0.25, 0.3) is 10.1 Å². The Morgan fingerprint density at radius 2 is 2.21 bits per heavy atom. The number of rotatable bonds is 1. The lowest BCUT2D eigenvalue weighted by Crippen LogP contribution is -1.98. The quantitative estimate of drug-likeness (QED) is 0.730. The summed E-state index contributed by atoms with van der Waals surface area (Å²) in [5.74, 6) is -0.876. The minimum absolute atomic E-state index is 0.368. The molecule has 0 radical (unpaired) electrons. The summed E-state index contributed by atoms with van der Waals surface area (Å²) in [7, 11) is 0. The van der Waals surface area contributed by atoms with Gasteiger partial charge >= 0.3 is 5.97 Å². The number of carbonyl (C=O) groups is 1. The molecule has 1 heterocycles. The van der Waals surface area contributed by atoms with Gasteiger partial charge in [-0.1, -0.05) is 6.07 Å². The van der Waals surface area contributed by atoms with Gasteiger partial charge in [-0.2, -0.15) is 0 Å². The van der Waals surface area contributed by atoms with Crippen LogP contribution in [0.2, 0.25) is 0 Å². The van der Waals surface area contributed by atoms with Crippen LogP contribution in [0.5, 0.6) is 0 Å². The molecule has 0 atom stereocenters. The number of hydrogen-bond acceptors (Lipinski definition) is 3. The van der Waals surface area contributed by atoms with Gasteiger partial charge in [0.25, 0.3) is 0 Å². The average Bonchev–Trinajstić information content (AvgIpc) is 2.46. The molecule has 2 nitrogen and oxygen atoms in total. The number of aromatic carboxylic acids is 1. The monoisotopic (exact) mass is 224 g/mol. The molecule has 0 spiro atoms. The van der Waals surface area contributed by atoms with Crippen molar-refractivity contribution in [1.29, 1.82) is 0 Å². The fourth-order valence-electron chi connectivity index (χ4n) is 1.46. The Bertz CT molecular complexity index is 514. The Morgan fingerprint density at radius 1 is 1.50 bits per heavy atom. The van der Waals surface area contributed by atoms with Crippen LogP contribution >= 0.6 is 24.0 Å². The molecule has 0 unspecified atom stereocenters. The van der Waals surface area contributed by atoms with Gasteiger partial charge in [0.15, 0.2) is 0 Å². The molecule has 1 aromatic carbocycles. The number of hydrogen-bond donors (Lipinski definition) is 2. The molecule has 1 aromatic heterocycles. The lowest BCUT2D eigenvalue weighted by atomic mass is 10.1. The maximum absolute atomic E-state index is 10.9. The van der Waals surface area contributed by atoms with Gasteiger partial charge in [-0.05, 0) is 30.0 Å². The van der Waals surface area contributed by atoms with E-state index < -0.39 is 5.97 Å². The molecule has 0 aliphatic heterocycles. The summed E-state index contributed by atoms with van der Waals surface area (Å²) in [4.78, 5) is 10.9. The molecular formula is C10H8O2S2. The van der Waals surface area contributed by atoms with E-state index in [0.29, 0.717) is 5.56 Å². The predicted octanol–water partition coefficient (Wildman–Crippen LogP) is 3.20. The van der Waals surface area contributed by atoms with E-state index in [1.54, 1.807) is 6.07 Å². The van der Waals surface area contributed by atoms with Gasteiger partial charge in [0.1, 0.15) is 0 Å². The number of fused-ring (bicyclic) bond motifs is 1. The molecule has 0 aliphatic carbocycles. The Kier molecular flexibility index (Phi) is 2.25. The molecular weight excluding hydrogens is 216 g/mol. The first kappa shape index (κ1) is 9.55. The summed E-state index contributed by atoms with van der Waals surface area (Å²) < 4.78 is 1.92. The molecule has 14 heavy (non-hydrogen) atoms. The van der Waals surface area contributed by atoms with Crippen LogP contribution in [0.3, 0.4) is 0 Å². The number of aryl methyl sites for hydroxylation is 1. The van der Waals surface area contributed by atoms with Gasteiger partial charge in [0, 0.05) is 4.70 Å². The molecule has 0 bridgehead atoms. The third-order valence-electron chi connectivity index (χ3n) is 2.15. The summed E-state index contributed by atoms with van der Waals surface area (Å²) >= 11 is 5.76. The minimum Gasteiger partial charge on any atom is -0.478 e.